The van der Waals surface area contributed by atoms with Crippen LogP contribution < -0.4 is 10.2 Å². The lowest BCUT2D eigenvalue weighted by Gasteiger charge is -2.05. The number of aromatic nitrogens is 4. The smallest absolute Gasteiger partial charge is 0.245 e. The summed E-state index contributed by atoms with van der Waals surface area (Å²) < 4.78 is 27.7. The molecule has 0 saturated carbocycles. The maximum atomic E-state index is 11.8. The summed E-state index contributed by atoms with van der Waals surface area (Å²) in [5.74, 6) is 0. The molecule has 0 saturated heterocycles. The number of rotatable bonds is 6. The molecule has 0 amide bonds. The Hall–Kier alpha value is -2.00. The van der Waals surface area contributed by atoms with Crippen molar-refractivity contribution in [2.24, 2.45) is 0 Å². The summed E-state index contributed by atoms with van der Waals surface area (Å²) in [6.07, 6.45) is 6.34. The van der Waals surface area contributed by atoms with Gasteiger partial charge in [0.1, 0.15) is 4.90 Å². The molecule has 0 aromatic carbocycles. The highest BCUT2D eigenvalue weighted by molar-refractivity contribution is 7.89. The minimum Gasteiger partial charge on any atom is -0.366 e. The van der Waals surface area contributed by atoms with Gasteiger partial charge in [-0.1, -0.05) is 5.21 Å². The van der Waals surface area contributed by atoms with Crippen LogP contribution in [0.4, 0.5) is 0 Å². The molecule has 2 rings (SSSR count). The van der Waals surface area contributed by atoms with Gasteiger partial charge in [-0.05, 0) is 6.42 Å². The van der Waals surface area contributed by atoms with Crippen LogP contribution in [0.3, 0.4) is 0 Å². The topological polar surface area (TPSA) is 110 Å². The van der Waals surface area contributed by atoms with Gasteiger partial charge in [0, 0.05) is 37.7 Å². The van der Waals surface area contributed by atoms with Crippen molar-refractivity contribution in [2.45, 2.75) is 17.9 Å². The Bertz CT molecular complexity index is 677. The second kappa shape index (κ2) is 5.76. The predicted octanol–water partition coefficient (Wildman–Crippen LogP) is -0.665. The minimum absolute atomic E-state index is 0.219. The summed E-state index contributed by atoms with van der Waals surface area (Å²) in [5, 5.41) is 7.39. The van der Waals surface area contributed by atoms with Crippen LogP contribution in [0, 0.1) is 0 Å². The molecule has 0 spiro atoms. The molecule has 8 nitrogen and oxygen atoms in total. The second-order valence-electron chi connectivity index (χ2n) is 3.79. The van der Waals surface area contributed by atoms with E-state index in [1.807, 2.05) is 0 Å². The number of aryl methyl sites for hydroxylation is 1. The molecule has 0 atom stereocenters. The molecule has 19 heavy (non-hydrogen) atoms. The van der Waals surface area contributed by atoms with Gasteiger partial charge >= 0.3 is 0 Å². The number of nitrogens with one attached hydrogen (secondary N) is 2. The lowest BCUT2D eigenvalue weighted by Crippen LogP contribution is -2.29. The van der Waals surface area contributed by atoms with E-state index in [0.29, 0.717) is 13.0 Å². The molecular formula is C10H13N5O3S. The lowest BCUT2D eigenvalue weighted by atomic mass is 10.4. The van der Waals surface area contributed by atoms with Gasteiger partial charge < -0.3 is 4.98 Å². The Kier molecular flexibility index (Phi) is 4.07. The molecule has 0 fully saturated rings. The molecule has 2 N–H and O–H groups in total. The molecule has 0 aliphatic carbocycles. The van der Waals surface area contributed by atoms with Crippen molar-refractivity contribution in [3.8, 4) is 0 Å². The summed E-state index contributed by atoms with van der Waals surface area (Å²) in [6.45, 7) is 0.768. The fourth-order valence-corrected chi connectivity index (χ4v) is 2.61. The Morgan fingerprint density at radius 3 is 2.95 bits per heavy atom. The highest BCUT2D eigenvalue weighted by atomic mass is 32.2. The van der Waals surface area contributed by atoms with Gasteiger partial charge in [0.05, 0.1) is 6.20 Å². The average Bonchev–Trinajstić information content (AvgIpc) is 2.88. The van der Waals surface area contributed by atoms with Crippen molar-refractivity contribution >= 4 is 10.0 Å². The quantitative estimate of drug-likeness (QED) is 0.684. The number of aromatic amines is 1. The summed E-state index contributed by atoms with van der Waals surface area (Å²) >= 11 is 0. The highest BCUT2D eigenvalue weighted by Crippen LogP contribution is 1.99. The SMILES string of the molecule is O=c1cc[nH]cc1S(=O)(=O)NCCCn1ccnn1. The third-order valence-electron chi connectivity index (χ3n) is 2.41. The van der Waals surface area contributed by atoms with Crippen LogP contribution in [0.5, 0.6) is 0 Å². The normalized spacial score (nSPS) is 11.6. The van der Waals surface area contributed by atoms with Crippen LogP contribution in [0.15, 0.2) is 40.5 Å². The van der Waals surface area contributed by atoms with Crippen molar-refractivity contribution < 1.29 is 8.42 Å². The molecule has 0 aliphatic rings. The monoisotopic (exact) mass is 283 g/mol. The van der Waals surface area contributed by atoms with E-state index in [1.54, 1.807) is 17.1 Å². The van der Waals surface area contributed by atoms with Crippen LogP contribution >= 0.6 is 0 Å². The van der Waals surface area contributed by atoms with E-state index < -0.39 is 15.5 Å². The van der Waals surface area contributed by atoms with Crippen molar-refractivity contribution in [2.75, 3.05) is 6.54 Å². The third-order valence-corrected chi connectivity index (χ3v) is 3.89. The van der Waals surface area contributed by atoms with Gasteiger partial charge in [-0.3, -0.25) is 9.48 Å². The molecule has 0 unspecified atom stereocenters. The first-order valence-corrected chi connectivity index (χ1v) is 7.09. The first kappa shape index (κ1) is 13.4. The van der Waals surface area contributed by atoms with Gasteiger partial charge in [-0.15, -0.1) is 5.10 Å². The van der Waals surface area contributed by atoms with Crippen LogP contribution in [-0.2, 0) is 16.6 Å². The second-order valence-corrected chi connectivity index (χ2v) is 5.53. The first-order valence-electron chi connectivity index (χ1n) is 5.60. The zero-order chi connectivity index (χ0) is 13.7. The molecule has 0 aliphatic heterocycles. The van der Waals surface area contributed by atoms with E-state index in [4.69, 9.17) is 0 Å². The highest BCUT2D eigenvalue weighted by Gasteiger charge is 2.16. The van der Waals surface area contributed by atoms with Crippen molar-refractivity contribution in [3.05, 3.63) is 41.1 Å². The van der Waals surface area contributed by atoms with Crippen LogP contribution in [0.2, 0.25) is 0 Å². The van der Waals surface area contributed by atoms with Crippen molar-refractivity contribution in [1.82, 2.24) is 24.7 Å². The van der Waals surface area contributed by atoms with E-state index >= 15 is 0 Å². The summed E-state index contributed by atoms with van der Waals surface area (Å²) in [4.78, 5) is 13.7. The Labute approximate surface area is 109 Å². The summed E-state index contributed by atoms with van der Waals surface area (Å²) in [7, 11) is -3.77. The molecule has 2 aromatic heterocycles. The van der Waals surface area contributed by atoms with Crippen LogP contribution in [0.1, 0.15) is 6.42 Å². The molecule has 9 heteroatoms. The van der Waals surface area contributed by atoms with Crippen molar-refractivity contribution in [3.63, 3.8) is 0 Å². The molecular weight excluding hydrogens is 270 g/mol. The number of sulfonamides is 1. The maximum Gasteiger partial charge on any atom is 0.245 e. The van der Waals surface area contributed by atoms with E-state index in [9.17, 15) is 13.2 Å². The van der Waals surface area contributed by atoms with Gasteiger partial charge in [-0.25, -0.2) is 13.1 Å². The standard InChI is InChI=1S/C10H13N5O3S/c16-9-2-4-11-8-10(9)19(17,18)13-3-1-6-15-7-5-12-14-15/h2,4-5,7-8,13H,1,3,6H2,(H,11,16). The molecule has 102 valence electrons. The van der Waals surface area contributed by atoms with E-state index in [0.717, 1.165) is 0 Å². The number of nitrogens with zero attached hydrogens (tertiary/aromatic N) is 3. The Morgan fingerprint density at radius 2 is 2.26 bits per heavy atom. The Balaban J connectivity index is 1.92. The third kappa shape index (κ3) is 3.48. The predicted molar refractivity (Wildman–Crippen MR) is 66.9 cm³/mol. The van der Waals surface area contributed by atoms with E-state index in [2.05, 4.69) is 20.0 Å². The minimum atomic E-state index is -3.77. The first-order chi connectivity index (χ1) is 9.09. The zero-order valence-electron chi connectivity index (χ0n) is 9.98. The maximum absolute atomic E-state index is 11.8. The largest absolute Gasteiger partial charge is 0.366 e. The fourth-order valence-electron chi connectivity index (χ4n) is 1.49. The van der Waals surface area contributed by atoms with Gasteiger partial charge in [0.2, 0.25) is 15.5 Å². The lowest BCUT2D eigenvalue weighted by molar-refractivity contribution is 0.542. The van der Waals surface area contributed by atoms with Crippen molar-refractivity contribution in [1.29, 1.82) is 0 Å². The Morgan fingerprint density at radius 1 is 1.42 bits per heavy atom. The van der Waals surface area contributed by atoms with Gasteiger partial charge in [-0.2, -0.15) is 0 Å². The fraction of sp³-hybridized carbons (Fsp3) is 0.300. The van der Waals surface area contributed by atoms with E-state index in [1.165, 1.54) is 18.5 Å². The number of hydrogen-bond acceptors (Lipinski definition) is 5. The van der Waals surface area contributed by atoms with Gasteiger partial charge in [0.15, 0.2) is 0 Å². The number of pyridine rings is 1. The molecule has 2 aromatic rings. The molecule has 0 bridgehead atoms. The summed E-state index contributed by atoms with van der Waals surface area (Å²) in [6, 6.07) is 1.17. The average molecular weight is 283 g/mol. The van der Waals surface area contributed by atoms with E-state index in [-0.39, 0.29) is 11.4 Å². The number of H-pyrrole nitrogens is 1. The van der Waals surface area contributed by atoms with Gasteiger partial charge in [0.25, 0.3) is 0 Å². The molecule has 0 radical (unpaired) electrons. The zero-order valence-corrected chi connectivity index (χ0v) is 10.8. The summed E-state index contributed by atoms with van der Waals surface area (Å²) in [5.41, 5.74) is -0.539. The number of hydrogen-bond donors (Lipinski definition) is 2. The van der Waals surface area contributed by atoms with Crippen LogP contribution in [-0.4, -0.2) is 34.9 Å². The molecule has 2 heterocycles. The van der Waals surface area contributed by atoms with Crippen LogP contribution in [0.25, 0.3) is 0 Å².